The van der Waals surface area contributed by atoms with Gasteiger partial charge in [0, 0.05) is 43.0 Å². The van der Waals surface area contributed by atoms with Gasteiger partial charge in [0.25, 0.3) is 0 Å². The first-order chi connectivity index (χ1) is 14.1. The topological polar surface area (TPSA) is 24.9 Å². The molecule has 2 aromatic carbocycles. The SMILES string of the molecule is COc1ccc(C2CCCC3CN(c4ccc(F)c(CF)c4)CCN32)cc1OC. The van der Waals surface area contributed by atoms with Crippen molar-refractivity contribution in [3.8, 4) is 11.5 Å². The Bertz CT molecular complexity index is 861. The van der Waals surface area contributed by atoms with Crippen LogP contribution >= 0.6 is 0 Å². The number of halogens is 2. The van der Waals surface area contributed by atoms with Gasteiger partial charge in [0.15, 0.2) is 11.5 Å². The number of piperazine rings is 1. The van der Waals surface area contributed by atoms with Crippen LogP contribution in [-0.4, -0.2) is 44.8 Å². The Labute approximate surface area is 171 Å². The molecule has 0 amide bonds. The molecule has 6 heteroatoms. The summed E-state index contributed by atoms with van der Waals surface area (Å²) in [6, 6.07) is 11.8. The third-order valence-electron chi connectivity index (χ3n) is 6.27. The average molecular weight is 402 g/mol. The number of benzene rings is 2. The highest BCUT2D eigenvalue weighted by Crippen LogP contribution is 2.39. The number of ether oxygens (including phenoxy) is 2. The lowest BCUT2D eigenvalue weighted by molar-refractivity contribution is 0.0715. The van der Waals surface area contributed by atoms with Gasteiger partial charge in [-0.25, -0.2) is 8.78 Å². The number of anilines is 1. The lowest BCUT2D eigenvalue weighted by Gasteiger charge is -2.49. The summed E-state index contributed by atoms with van der Waals surface area (Å²) in [4.78, 5) is 4.84. The van der Waals surface area contributed by atoms with Crippen LogP contribution in [0.15, 0.2) is 36.4 Å². The fourth-order valence-electron chi connectivity index (χ4n) is 4.76. The second-order valence-electron chi connectivity index (χ2n) is 7.81. The first-order valence-corrected chi connectivity index (χ1v) is 10.2. The summed E-state index contributed by atoms with van der Waals surface area (Å²) in [6.45, 7) is 1.87. The van der Waals surface area contributed by atoms with Crippen molar-refractivity contribution in [1.82, 2.24) is 4.90 Å². The summed E-state index contributed by atoms with van der Waals surface area (Å²) in [7, 11) is 3.32. The zero-order valence-electron chi connectivity index (χ0n) is 17.0. The first-order valence-electron chi connectivity index (χ1n) is 10.2. The highest BCUT2D eigenvalue weighted by molar-refractivity contribution is 5.50. The van der Waals surface area contributed by atoms with Crippen LogP contribution in [0.1, 0.15) is 36.4 Å². The van der Waals surface area contributed by atoms with Gasteiger partial charge in [-0.05, 0) is 55.2 Å². The minimum atomic E-state index is -0.773. The fraction of sp³-hybridized carbons (Fsp3) is 0.478. The Morgan fingerprint density at radius 3 is 2.59 bits per heavy atom. The molecule has 2 aromatic rings. The molecule has 2 heterocycles. The van der Waals surface area contributed by atoms with Gasteiger partial charge in [-0.2, -0.15) is 0 Å². The molecule has 0 radical (unpaired) electrons. The fourth-order valence-corrected chi connectivity index (χ4v) is 4.76. The number of hydrogen-bond donors (Lipinski definition) is 0. The highest BCUT2D eigenvalue weighted by atomic mass is 19.1. The Morgan fingerprint density at radius 2 is 1.83 bits per heavy atom. The van der Waals surface area contributed by atoms with Crippen molar-refractivity contribution in [2.24, 2.45) is 0 Å². The van der Waals surface area contributed by atoms with E-state index in [0.717, 1.165) is 56.1 Å². The molecular formula is C23H28F2N2O2. The highest BCUT2D eigenvalue weighted by Gasteiger charge is 2.36. The number of alkyl halides is 1. The summed E-state index contributed by atoms with van der Waals surface area (Å²) < 4.78 is 37.6. The number of piperidine rings is 1. The number of methoxy groups -OCH3 is 2. The van der Waals surface area contributed by atoms with Crippen LogP contribution in [0.3, 0.4) is 0 Å². The van der Waals surface area contributed by atoms with Crippen molar-refractivity contribution in [3.63, 3.8) is 0 Å². The van der Waals surface area contributed by atoms with E-state index in [9.17, 15) is 8.78 Å². The average Bonchev–Trinajstić information content (AvgIpc) is 2.78. The second kappa shape index (κ2) is 8.57. The predicted molar refractivity (Wildman–Crippen MR) is 110 cm³/mol. The van der Waals surface area contributed by atoms with Crippen molar-refractivity contribution in [3.05, 3.63) is 53.3 Å². The van der Waals surface area contributed by atoms with Gasteiger partial charge in [0.05, 0.1) is 14.2 Å². The van der Waals surface area contributed by atoms with Gasteiger partial charge in [0.2, 0.25) is 0 Å². The summed E-state index contributed by atoms with van der Waals surface area (Å²) in [6.07, 6.45) is 3.42. The minimum absolute atomic E-state index is 0.136. The maximum Gasteiger partial charge on any atom is 0.161 e. The molecule has 2 aliphatic rings. The van der Waals surface area contributed by atoms with Crippen LogP contribution in [0.2, 0.25) is 0 Å². The normalized spacial score (nSPS) is 22.3. The molecule has 2 saturated heterocycles. The van der Waals surface area contributed by atoms with Crippen LogP contribution in [0.25, 0.3) is 0 Å². The summed E-state index contributed by atoms with van der Waals surface area (Å²) in [5.74, 6) is 1.03. The van der Waals surface area contributed by atoms with Crippen molar-refractivity contribution < 1.29 is 18.3 Å². The van der Waals surface area contributed by atoms with E-state index in [2.05, 4.69) is 21.9 Å². The molecule has 0 saturated carbocycles. The van der Waals surface area contributed by atoms with Gasteiger partial charge in [-0.1, -0.05) is 6.07 Å². The Kier molecular flexibility index (Phi) is 5.90. The molecule has 0 spiro atoms. The van der Waals surface area contributed by atoms with Gasteiger partial charge >= 0.3 is 0 Å². The molecule has 0 bridgehead atoms. The summed E-state index contributed by atoms with van der Waals surface area (Å²) in [5, 5.41) is 0. The van der Waals surface area contributed by atoms with Crippen LogP contribution in [0, 0.1) is 5.82 Å². The first kappa shape index (κ1) is 20.0. The van der Waals surface area contributed by atoms with Gasteiger partial charge in [-0.15, -0.1) is 0 Å². The van der Waals surface area contributed by atoms with Gasteiger partial charge in [-0.3, -0.25) is 4.90 Å². The summed E-state index contributed by atoms with van der Waals surface area (Å²) >= 11 is 0. The number of fused-ring (bicyclic) bond motifs is 1. The molecule has 0 aliphatic carbocycles. The predicted octanol–water partition coefficient (Wildman–Crippen LogP) is 4.73. The van der Waals surface area contributed by atoms with E-state index in [0.29, 0.717) is 12.1 Å². The molecule has 156 valence electrons. The van der Waals surface area contributed by atoms with Crippen LogP contribution < -0.4 is 14.4 Å². The molecule has 2 atom stereocenters. The summed E-state index contributed by atoms with van der Waals surface area (Å²) in [5.41, 5.74) is 2.30. The molecule has 4 rings (SSSR count). The molecule has 2 unspecified atom stereocenters. The van der Waals surface area contributed by atoms with E-state index in [4.69, 9.17) is 9.47 Å². The zero-order chi connectivity index (χ0) is 20.4. The van der Waals surface area contributed by atoms with Crippen LogP contribution in [0.4, 0.5) is 14.5 Å². The van der Waals surface area contributed by atoms with E-state index in [-0.39, 0.29) is 5.56 Å². The van der Waals surface area contributed by atoms with Crippen LogP contribution in [-0.2, 0) is 6.67 Å². The Hall–Kier alpha value is -2.34. The number of hydrogen-bond acceptors (Lipinski definition) is 4. The van der Waals surface area contributed by atoms with E-state index >= 15 is 0 Å². The van der Waals surface area contributed by atoms with Crippen molar-refractivity contribution >= 4 is 5.69 Å². The molecule has 0 N–H and O–H groups in total. The second-order valence-corrected chi connectivity index (χ2v) is 7.81. The van der Waals surface area contributed by atoms with Gasteiger partial charge in [0.1, 0.15) is 12.5 Å². The Morgan fingerprint density at radius 1 is 1.00 bits per heavy atom. The number of nitrogens with zero attached hydrogens (tertiary/aromatic N) is 2. The molecule has 2 aliphatic heterocycles. The maximum atomic E-state index is 13.7. The lowest BCUT2D eigenvalue weighted by Crippen LogP contribution is -2.55. The third kappa shape index (κ3) is 3.90. The van der Waals surface area contributed by atoms with E-state index < -0.39 is 12.5 Å². The molecule has 0 aromatic heterocycles. The quantitative estimate of drug-likeness (QED) is 0.722. The van der Waals surface area contributed by atoms with Crippen molar-refractivity contribution in [2.75, 3.05) is 38.8 Å². The van der Waals surface area contributed by atoms with Crippen molar-refractivity contribution in [1.29, 1.82) is 0 Å². The van der Waals surface area contributed by atoms with Crippen LogP contribution in [0.5, 0.6) is 11.5 Å². The molecule has 2 fully saturated rings. The largest absolute Gasteiger partial charge is 0.493 e. The van der Waals surface area contributed by atoms with Crippen molar-refractivity contribution in [2.45, 2.75) is 38.0 Å². The third-order valence-corrected chi connectivity index (χ3v) is 6.27. The smallest absolute Gasteiger partial charge is 0.161 e. The lowest BCUT2D eigenvalue weighted by atomic mass is 9.89. The zero-order valence-corrected chi connectivity index (χ0v) is 17.0. The molecule has 29 heavy (non-hydrogen) atoms. The minimum Gasteiger partial charge on any atom is -0.493 e. The maximum absolute atomic E-state index is 13.7. The van der Waals surface area contributed by atoms with Gasteiger partial charge < -0.3 is 14.4 Å². The van der Waals surface area contributed by atoms with E-state index in [1.54, 1.807) is 26.4 Å². The monoisotopic (exact) mass is 402 g/mol. The van der Waals surface area contributed by atoms with E-state index in [1.807, 2.05) is 6.07 Å². The Balaban J connectivity index is 1.53. The number of rotatable bonds is 5. The molecule has 4 nitrogen and oxygen atoms in total. The van der Waals surface area contributed by atoms with E-state index in [1.165, 1.54) is 11.6 Å². The molecular weight excluding hydrogens is 374 g/mol. The standard InChI is InChI=1S/C23H28F2N2O2/c1-28-22-9-6-16(13-23(22)29-2)21-5-3-4-19-15-26(10-11-27(19)21)18-7-8-20(25)17(12-18)14-24/h6-9,12-13,19,21H,3-5,10-11,14-15H2,1-2H3.